The molecule has 0 atom stereocenters. The van der Waals surface area contributed by atoms with Crippen molar-refractivity contribution in [2.75, 3.05) is 0 Å². The van der Waals surface area contributed by atoms with E-state index in [9.17, 15) is 4.79 Å². The number of esters is 1. The molecule has 0 aromatic carbocycles. The van der Waals surface area contributed by atoms with Gasteiger partial charge in [0.15, 0.2) is 0 Å². The first-order chi connectivity index (χ1) is 8.56. The maximum Gasteiger partial charge on any atom is 0.350 e. The quantitative estimate of drug-likeness (QED) is 0.643. The summed E-state index contributed by atoms with van der Waals surface area (Å²) in [5.74, 6) is -0.446. The van der Waals surface area contributed by atoms with Gasteiger partial charge < -0.3 is 4.74 Å². The van der Waals surface area contributed by atoms with Crippen LogP contribution in [0.2, 0.25) is 10.2 Å². The minimum Gasteiger partial charge on any atom is -0.455 e. The van der Waals surface area contributed by atoms with Crippen molar-refractivity contribution in [2.45, 2.75) is 13.5 Å². The highest BCUT2D eigenvalue weighted by atomic mass is 35.5. The lowest BCUT2D eigenvalue weighted by Crippen LogP contribution is -2.05. The fourth-order valence-electron chi connectivity index (χ4n) is 1.22. The largest absolute Gasteiger partial charge is 0.455 e. The second-order valence-corrected chi connectivity index (χ2v) is 5.41. The number of pyridine rings is 1. The molecule has 18 heavy (non-hydrogen) atoms. The fraction of sp³-hybridized carbons (Fsp3) is 0.182. The van der Waals surface area contributed by atoms with Crippen LogP contribution in [-0.4, -0.2) is 15.9 Å². The average Bonchev–Trinajstić information content (AvgIpc) is 2.77. The van der Waals surface area contributed by atoms with E-state index in [1.54, 1.807) is 12.1 Å². The van der Waals surface area contributed by atoms with Crippen molar-refractivity contribution in [1.82, 2.24) is 9.97 Å². The van der Waals surface area contributed by atoms with Crippen LogP contribution in [0.4, 0.5) is 0 Å². The van der Waals surface area contributed by atoms with Crippen molar-refractivity contribution in [2.24, 2.45) is 0 Å². The molecule has 2 heterocycles. The Morgan fingerprint density at radius 1 is 1.44 bits per heavy atom. The Morgan fingerprint density at radius 2 is 2.22 bits per heavy atom. The van der Waals surface area contributed by atoms with E-state index in [0.717, 1.165) is 5.01 Å². The highest BCUT2D eigenvalue weighted by Gasteiger charge is 2.12. The molecule has 0 bridgehead atoms. The highest BCUT2D eigenvalue weighted by Crippen LogP contribution is 2.19. The molecule has 0 unspecified atom stereocenters. The van der Waals surface area contributed by atoms with Gasteiger partial charge >= 0.3 is 5.97 Å². The number of aromatic nitrogens is 2. The average molecular weight is 303 g/mol. The zero-order chi connectivity index (χ0) is 13.1. The monoisotopic (exact) mass is 302 g/mol. The van der Waals surface area contributed by atoms with Gasteiger partial charge in [0, 0.05) is 0 Å². The van der Waals surface area contributed by atoms with E-state index in [1.165, 1.54) is 17.5 Å². The predicted octanol–water partition coefficient (Wildman–Crippen LogP) is 3.51. The van der Waals surface area contributed by atoms with Crippen LogP contribution >= 0.6 is 34.5 Å². The number of carbonyl (C=O) groups is 1. The fourth-order valence-corrected chi connectivity index (χ4v) is 2.22. The standard InChI is InChI=1S/C11H8Cl2N2O2S/c1-6-14-4-9(18-6)11(16)17-5-8-7(12)2-3-10(13)15-8/h2-4H,5H2,1H3. The van der Waals surface area contributed by atoms with Gasteiger partial charge in [-0.1, -0.05) is 23.2 Å². The smallest absolute Gasteiger partial charge is 0.350 e. The number of nitrogens with zero attached hydrogens (tertiary/aromatic N) is 2. The van der Waals surface area contributed by atoms with E-state index in [4.69, 9.17) is 27.9 Å². The van der Waals surface area contributed by atoms with Gasteiger partial charge in [0.25, 0.3) is 0 Å². The molecule has 7 heteroatoms. The van der Waals surface area contributed by atoms with Gasteiger partial charge in [-0.05, 0) is 19.1 Å². The van der Waals surface area contributed by atoms with Crippen LogP contribution < -0.4 is 0 Å². The lowest BCUT2D eigenvalue weighted by Gasteiger charge is -2.04. The van der Waals surface area contributed by atoms with E-state index in [1.807, 2.05) is 6.92 Å². The maximum atomic E-state index is 11.7. The minimum absolute atomic E-state index is 0.0187. The first kappa shape index (κ1) is 13.3. The number of carbonyl (C=O) groups excluding carboxylic acids is 1. The normalized spacial score (nSPS) is 10.4. The zero-order valence-corrected chi connectivity index (χ0v) is 11.6. The lowest BCUT2D eigenvalue weighted by molar-refractivity contribution is 0.0473. The molecule has 0 amide bonds. The van der Waals surface area contributed by atoms with E-state index in [2.05, 4.69) is 9.97 Å². The Kier molecular flexibility index (Phi) is 4.16. The number of aryl methyl sites for hydroxylation is 1. The Hall–Kier alpha value is -1.17. The van der Waals surface area contributed by atoms with Crippen LogP contribution in [0.15, 0.2) is 18.3 Å². The molecular weight excluding hydrogens is 295 g/mol. The molecule has 0 N–H and O–H groups in total. The second kappa shape index (κ2) is 5.65. The molecule has 0 fully saturated rings. The lowest BCUT2D eigenvalue weighted by atomic mass is 10.4. The summed E-state index contributed by atoms with van der Waals surface area (Å²) in [5.41, 5.74) is 0.429. The Morgan fingerprint density at radius 3 is 2.89 bits per heavy atom. The van der Waals surface area contributed by atoms with E-state index < -0.39 is 5.97 Å². The molecule has 0 aliphatic rings. The van der Waals surface area contributed by atoms with Gasteiger partial charge in [0.05, 0.1) is 21.9 Å². The van der Waals surface area contributed by atoms with Crippen LogP contribution in [0.25, 0.3) is 0 Å². The van der Waals surface area contributed by atoms with Gasteiger partial charge in [0.1, 0.15) is 16.6 Å². The van der Waals surface area contributed by atoms with Gasteiger partial charge in [-0.2, -0.15) is 0 Å². The van der Waals surface area contributed by atoms with E-state index in [0.29, 0.717) is 20.7 Å². The first-order valence-corrected chi connectivity index (χ1v) is 6.54. The van der Waals surface area contributed by atoms with Gasteiger partial charge in [-0.3, -0.25) is 0 Å². The predicted molar refractivity (Wildman–Crippen MR) is 70.2 cm³/mol. The van der Waals surface area contributed by atoms with Crippen LogP contribution in [0, 0.1) is 6.92 Å². The van der Waals surface area contributed by atoms with Gasteiger partial charge in [0.2, 0.25) is 0 Å². The van der Waals surface area contributed by atoms with Crippen molar-refractivity contribution in [3.63, 3.8) is 0 Å². The SMILES string of the molecule is Cc1ncc(C(=O)OCc2nc(Cl)ccc2Cl)s1. The Labute approximate surface area is 118 Å². The van der Waals surface area contributed by atoms with Gasteiger partial charge in [-0.25, -0.2) is 14.8 Å². The van der Waals surface area contributed by atoms with Crippen molar-refractivity contribution in [1.29, 1.82) is 0 Å². The third-order valence-corrected chi connectivity index (χ3v) is 3.49. The van der Waals surface area contributed by atoms with Crippen molar-refractivity contribution < 1.29 is 9.53 Å². The molecule has 0 aliphatic carbocycles. The third kappa shape index (κ3) is 3.19. The number of thiazole rings is 1. The summed E-state index contributed by atoms with van der Waals surface area (Å²) >= 11 is 12.9. The molecule has 4 nitrogen and oxygen atoms in total. The minimum atomic E-state index is -0.446. The zero-order valence-electron chi connectivity index (χ0n) is 9.31. The van der Waals surface area contributed by atoms with Gasteiger partial charge in [-0.15, -0.1) is 11.3 Å². The summed E-state index contributed by atoms with van der Waals surface area (Å²) in [6, 6.07) is 3.18. The molecule has 0 aliphatic heterocycles. The van der Waals surface area contributed by atoms with Crippen molar-refractivity contribution in [3.05, 3.63) is 44.1 Å². The topological polar surface area (TPSA) is 52.1 Å². The molecule has 2 aromatic heterocycles. The highest BCUT2D eigenvalue weighted by molar-refractivity contribution is 7.13. The second-order valence-electron chi connectivity index (χ2n) is 3.38. The van der Waals surface area contributed by atoms with Crippen LogP contribution in [0.3, 0.4) is 0 Å². The number of hydrogen-bond donors (Lipinski definition) is 0. The molecule has 2 aromatic rings. The van der Waals surface area contributed by atoms with Crippen LogP contribution in [0.1, 0.15) is 20.4 Å². The molecule has 0 saturated carbocycles. The third-order valence-electron chi connectivity index (χ3n) is 2.05. The number of rotatable bonds is 3. The Bertz CT molecular complexity index is 586. The summed E-state index contributed by atoms with van der Waals surface area (Å²) < 4.78 is 5.09. The summed E-state index contributed by atoms with van der Waals surface area (Å²) in [6.45, 7) is 1.80. The molecule has 94 valence electrons. The molecule has 2 rings (SSSR count). The van der Waals surface area contributed by atoms with Crippen molar-refractivity contribution in [3.8, 4) is 0 Å². The Balaban J connectivity index is 2.03. The molecule has 0 spiro atoms. The number of hydrogen-bond acceptors (Lipinski definition) is 5. The summed E-state index contributed by atoms with van der Waals surface area (Å²) in [4.78, 5) is 20.1. The van der Waals surface area contributed by atoms with E-state index in [-0.39, 0.29) is 6.61 Å². The number of halogens is 2. The van der Waals surface area contributed by atoms with Crippen LogP contribution in [-0.2, 0) is 11.3 Å². The van der Waals surface area contributed by atoms with Crippen LogP contribution in [0.5, 0.6) is 0 Å². The molecule has 0 radical (unpaired) electrons. The van der Waals surface area contributed by atoms with E-state index >= 15 is 0 Å². The van der Waals surface area contributed by atoms with Crippen molar-refractivity contribution >= 4 is 40.5 Å². The summed E-state index contributed by atoms with van der Waals surface area (Å²) in [6.07, 6.45) is 1.48. The molecular formula is C11H8Cl2N2O2S. The summed E-state index contributed by atoms with van der Waals surface area (Å²) in [5, 5.41) is 1.52. The molecule has 0 saturated heterocycles. The number of ether oxygens (including phenoxy) is 1. The first-order valence-electron chi connectivity index (χ1n) is 4.97. The summed E-state index contributed by atoms with van der Waals surface area (Å²) in [7, 11) is 0. The maximum absolute atomic E-state index is 11.7.